The number of halogens is 1. The maximum Gasteiger partial charge on any atom is 0.234 e. The number of piperazine rings is 1. The lowest BCUT2D eigenvalue weighted by Gasteiger charge is -2.39. The van der Waals surface area contributed by atoms with Gasteiger partial charge in [0, 0.05) is 57.0 Å². The molecule has 6 nitrogen and oxygen atoms in total. The number of nitrogens with one attached hydrogen (secondary N) is 1. The number of hydrogen-bond donors (Lipinski definition) is 1. The number of rotatable bonds is 8. The number of aromatic nitrogens is 1. The van der Waals surface area contributed by atoms with Crippen LogP contribution in [0.1, 0.15) is 18.4 Å². The molecule has 4 rings (SSSR count). The standard InChI is InChI=1S/C25H34ClN5O/c26-23-8-6-21(7-9-23)10-12-28-25(32)20-30-13-3-4-22(19-30)18-29-14-16-31(17-15-29)24-5-1-2-11-27-24/h1-2,5-9,11,22H,3-4,10,12-20H2,(H,28,32). The topological polar surface area (TPSA) is 51.7 Å². The van der Waals surface area contributed by atoms with E-state index in [1.165, 1.54) is 18.4 Å². The summed E-state index contributed by atoms with van der Waals surface area (Å²) in [6.45, 7) is 8.57. The summed E-state index contributed by atoms with van der Waals surface area (Å²) >= 11 is 5.93. The van der Waals surface area contributed by atoms with Crippen molar-refractivity contribution in [2.45, 2.75) is 19.3 Å². The highest BCUT2D eigenvalue weighted by molar-refractivity contribution is 6.30. The highest BCUT2D eigenvalue weighted by Gasteiger charge is 2.25. The largest absolute Gasteiger partial charge is 0.355 e. The lowest BCUT2D eigenvalue weighted by Crippen LogP contribution is -2.50. The average Bonchev–Trinajstić information content (AvgIpc) is 2.82. The van der Waals surface area contributed by atoms with Gasteiger partial charge in [-0.2, -0.15) is 0 Å². The number of pyridine rings is 1. The van der Waals surface area contributed by atoms with Gasteiger partial charge in [0.15, 0.2) is 0 Å². The molecule has 0 aliphatic carbocycles. The van der Waals surface area contributed by atoms with Crippen molar-refractivity contribution >= 4 is 23.3 Å². The van der Waals surface area contributed by atoms with Gasteiger partial charge in [-0.25, -0.2) is 4.98 Å². The van der Waals surface area contributed by atoms with Gasteiger partial charge in [0.25, 0.3) is 0 Å². The van der Waals surface area contributed by atoms with Crippen molar-refractivity contribution in [3.05, 3.63) is 59.2 Å². The van der Waals surface area contributed by atoms with Gasteiger partial charge in [-0.1, -0.05) is 29.8 Å². The number of piperidine rings is 1. The molecule has 0 spiro atoms. The highest BCUT2D eigenvalue weighted by Crippen LogP contribution is 2.19. The predicted octanol–water partition coefficient (Wildman–Crippen LogP) is 2.93. The van der Waals surface area contributed by atoms with Crippen LogP contribution in [0.5, 0.6) is 0 Å². The van der Waals surface area contributed by atoms with E-state index in [1.54, 1.807) is 0 Å². The molecule has 2 saturated heterocycles. The van der Waals surface area contributed by atoms with Crippen LogP contribution in [-0.2, 0) is 11.2 Å². The van der Waals surface area contributed by atoms with Crippen molar-refractivity contribution in [1.82, 2.24) is 20.1 Å². The Hall–Kier alpha value is -2.15. The molecule has 2 fully saturated rings. The molecule has 7 heteroatoms. The van der Waals surface area contributed by atoms with Crippen LogP contribution in [-0.4, -0.2) is 79.6 Å². The van der Waals surface area contributed by atoms with Crippen LogP contribution >= 0.6 is 11.6 Å². The van der Waals surface area contributed by atoms with Gasteiger partial charge >= 0.3 is 0 Å². The first kappa shape index (κ1) is 23.0. The Morgan fingerprint density at radius 2 is 1.84 bits per heavy atom. The van der Waals surface area contributed by atoms with Crippen molar-refractivity contribution in [2.75, 3.05) is 63.8 Å². The summed E-state index contributed by atoms with van der Waals surface area (Å²) in [5.74, 6) is 1.86. The number of carbonyl (C=O) groups excluding carboxylic acids is 1. The van der Waals surface area contributed by atoms with Crippen molar-refractivity contribution in [3.8, 4) is 0 Å². The average molecular weight is 456 g/mol. The molecule has 1 unspecified atom stereocenters. The number of anilines is 1. The van der Waals surface area contributed by atoms with E-state index in [0.29, 0.717) is 19.0 Å². The Bertz CT molecular complexity index is 839. The number of likely N-dealkylation sites (tertiary alicyclic amines) is 1. The summed E-state index contributed by atoms with van der Waals surface area (Å²) in [4.78, 5) is 24.2. The molecule has 3 heterocycles. The lowest BCUT2D eigenvalue weighted by molar-refractivity contribution is -0.122. The van der Waals surface area contributed by atoms with Crippen LogP contribution in [0.15, 0.2) is 48.7 Å². The van der Waals surface area contributed by atoms with E-state index in [9.17, 15) is 4.79 Å². The first-order chi connectivity index (χ1) is 15.7. The highest BCUT2D eigenvalue weighted by atomic mass is 35.5. The van der Waals surface area contributed by atoms with Crippen LogP contribution in [0.3, 0.4) is 0 Å². The second-order valence-electron chi connectivity index (χ2n) is 8.95. The monoisotopic (exact) mass is 455 g/mol. The molecule has 1 aromatic heterocycles. The molecule has 1 aromatic carbocycles. The van der Waals surface area contributed by atoms with Crippen molar-refractivity contribution in [1.29, 1.82) is 0 Å². The number of hydrogen-bond acceptors (Lipinski definition) is 5. The number of amides is 1. The van der Waals surface area contributed by atoms with E-state index in [4.69, 9.17) is 11.6 Å². The van der Waals surface area contributed by atoms with Gasteiger partial charge in [0.1, 0.15) is 5.82 Å². The smallest absolute Gasteiger partial charge is 0.234 e. The molecule has 1 N–H and O–H groups in total. The zero-order valence-corrected chi connectivity index (χ0v) is 19.5. The molecular weight excluding hydrogens is 422 g/mol. The van der Waals surface area contributed by atoms with E-state index < -0.39 is 0 Å². The molecule has 172 valence electrons. The van der Waals surface area contributed by atoms with E-state index in [1.807, 2.05) is 36.5 Å². The van der Waals surface area contributed by atoms with Crippen LogP contribution in [0.2, 0.25) is 5.02 Å². The summed E-state index contributed by atoms with van der Waals surface area (Å²) in [7, 11) is 0. The van der Waals surface area contributed by atoms with E-state index in [2.05, 4.69) is 37.1 Å². The first-order valence-electron chi connectivity index (χ1n) is 11.8. The molecule has 0 bridgehead atoms. The Labute approximate surface area is 196 Å². The van der Waals surface area contributed by atoms with Gasteiger partial charge in [-0.3, -0.25) is 14.6 Å². The summed E-state index contributed by atoms with van der Waals surface area (Å²) in [6.07, 6.45) is 5.13. The van der Waals surface area contributed by atoms with Crippen molar-refractivity contribution in [2.24, 2.45) is 5.92 Å². The Morgan fingerprint density at radius 1 is 1.03 bits per heavy atom. The molecule has 0 radical (unpaired) electrons. The van der Waals surface area contributed by atoms with Gasteiger partial charge in [-0.15, -0.1) is 0 Å². The van der Waals surface area contributed by atoms with Crippen LogP contribution in [0.4, 0.5) is 5.82 Å². The minimum atomic E-state index is 0.128. The second kappa shape index (κ2) is 11.6. The van der Waals surface area contributed by atoms with Crippen LogP contribution < -0.4 is 10.2 Å². The Kier molecular flexibility index (Phi) is 8.37. The number of nitrogens with zero attached hydrogens (tertiary/aromatic N) is 4. The second-order valence-corrected chi connectivity index (χ2v) is 9.38. The summed E-state index contributed by atoms with van der Waals surface area (Å²) < 4.78 is 0. The van der Waals surface area contributed by atoms with E-state index >= 15 is 0 Å². The zero-order valence-electron chi connectivity index (χ0n) is 18.8. The predicted molar refractivity (Wildman–Crippen MR) is 130 cm³/mol. The van der Waals surface area contributed by atoms with E-state index in [-0.39, 0.29) is 5.91 Å². The molecule has 2 aliphatic rings. The summed E-state index contributed by atoms with van der Waals surface area (Å²) in [6, 6.07) is 13.9. The fourth-order valence-corrected chi connectivity index (χ4v) is 4.89. The van der Waals surface area contributed by atoms with Crippen molar-refractivity contribution < 1.29 is 4.79 Å². The quantitative estimate of drug-likeness (QED) is 0.663. The molecular formula is C25H34ClN5O. The molecule has 0 saturated carbocycles. The Balaban J connectivity index is 1.14. The van der Waals surface area contributed by atoms with Crippen molar-refractivity contribution in [3.63, 3.8) is 0 Å². The molecule has 32 heavy (non-hydrogen) atoms. The molecule has 2 aromatic rings. The Morgan fingerprint density at radius 3 is 2.59 bits per heavy atom. The lowest BCUT2D eigenvalue weighted by atomic mass is 9.97. The summed E-state index contributed by atoms with van der Waals surface area (Å²) in [5, 5.41) is 3.82. The third-order valence-electron chi connectivity index (χ3n) is 6.48. The maximum absolute atomic E-state index is 12.4. The van der Waals surface area contributed by atoms with Crippen LogP contribution in [0, 0.1) is 5.92 Å². The minimum absolute atomic E-state index is 0.128. The third-order valence-corrected chi connectivity index (χ3v) is 6.73. The fourth-order valence-electron chi connectivity index (χ4n) is 4.77. The minimum Gasteiger partial charge on any atom is -0.355 e. The molecule has 1 amide bonds. The van der Waals surface area contributed by atoms with Gasteiger partial charge in [0.05, 0.1) is 6.54 Å². The number of carbonyl (C=O) groups is 1. The van der Waals surface area contributed by atoms with Gasteiger partial charge < -0.3 is 10.2 Å². The first-order valence-corrected chi connectivity index (χ1v) is 12.2. The molecule has 1 atom stereocenters. The normalized spacial score (nSPS) is 20.3. The third kappa shape index (κ3) is 6.92. The van der Waals surface area contributed by atoms with Gasteiger partial charge in [-0.05, 0) is 61.6 Å². The SMILES string of the molecule is O=C(CN1CCCC(CN2CCN(c3ccccn3)CC2)C1)NCCc1ccc(Cl)cc1. The van der Waals surface area contributed by atoms with Gasteiger partial charge in [0.2, 0.25) is 5.91 Å². The van der Waals surface area contributed by atoms with Crippen LogP contribution in [0.25, 0.3) is 0 Å². The van der Waals surface area contributed by atoms with E-state index in [0.717, 1.165) is 63.1 Å². The molecule has 2 aliphatic heterocycles. The fraction of sp³-hybridized carbons (Fsp3) is 0.520. The zero-order chi connectivity index (χ0) is 22.2. The number of benzene rings is 1. The summed E-state index contributed by atoms with van der Waals surface area (Å²) in [5.41, 5.74) is 1.19. The maximum atomic E-state index is 12.4.